The van der Waals surface area contributed by atoms with Crippen molar-refractivity contribution in [1.82, 2.24) is 4.90 Å². The van der Waals surface area contributed by atoms with Gasteiger partial charge in [0.25, 0.3) is 0 Å². The van der Waals surface area contributed by atoms with Crippen LogP contribution in [-0.4, -0.2) is 44.3 Å². The third-order valence-corrected chi connectivity index (χ3v) is 4.05. The molecule has 0 radical (unpaired) electrons. The van der Waals surface area contributed by atoms with E-state index in [2.05, 4.69) is 5.32 Å². The van der Waals surface area contributed by atoms with E-state index in [1.807, 2.05) is 36.2 Å². The Morgan fingerprint density at radius 3 is 2.92 bits per heavy atom. The minimum absolute atomic E-state index is 0.0774. The minimum Gasteiger partial charge on any atom is -0.493 e. The number of ether oxygens (including phenoxy) is 3. The summed E-state index contributed by atoms with van der Waals surface area (Å²) in [5.74, 6) is 2.11. The maximum Gasteiger partial charge on any atom is 0.238 e. The second-order valence-electron chi connectivity index (χ2n) is 6.01. The predicted octanol–water partition coefficient (Wildman–Crippen LogP) is 3.41. The van der Waals surface area contributed by atoms with Gasteiger partial charge in [0.15, 0.2) is 11.5 Å². The Labute approximate surface area is 157 Å². The lowest BCUT2D eigenvalue weighted by Crippen LogP contribution is -2.31. The van der Waals surface area contributed by atoms with Crippen molar-refractivity contribution in [2.45, 2.75) is 6.42 Å². The zero-order valence-electron chi connectivity index (χ0n) is 14.5. The van der Waals surface area contributed by atoms with Crippen molar-refractivity contribution >= 4 is 23.2 Å². The quantitative estimate of drug-likeness (QED) is 0.715. The molecule has 1 aliphatic heterocycles. The predicted molar refractivity (Wildman–Crippen MR) is 100 cm³/mol. The van der Waals surface area contributed by atoms with Crippen LogP contribution in [0.1, 0.15) is 6.42 Å². The second-order valence-corrected chi connectivity index (χ2v) is 6.45. The van der Waals surface area contributed by atoms with Gasteiger partial charge in [-0.1, -0.05) is 17.7 Å². The summed E-state index contributed by atoms with van der Waals surface area (Å²) in [5.41, 5.74) is 0.696. The molecule has 2 aromatic carbocycles. The molecule has 0 unspecified atom stereocenters. The highest BCUT2D eigenvalue weighted by molar-refractivity contribution is 6.30. The van der Waals surface area contributed by atoms with Crippen molar-refractivity contribution in [2.24, 2.45) is 0 Å². The maximum atomic E-state index is 12.0. The molecule has 1 aliphatic rings. The van der Waals surface area contributed by atoms with Gasteiger partial charge < -0.3 is 19.5 Å². The third kappa shape index (κ3) is 5.28. The van der Waals surface area contributed by atoms with Gasteiger partial charge in [0.05, 0.1) is 13.2 Å². The number of amides is 1. The third-order valence-electron chi connectivity index (χ3n) is 3.82. The highest BCUT2D eigenvalue weighted by Gasteiger charge is 2.13. The fourth-order valence-electron chi connectivity index (χ4n) is 2.58. The van der Waals surface area contributed by atoms with E-state index in [0.29, 0.717) is 29.6 Å². The first kappa shape index (κ1) is 18.4. The normalized spacial score (nSPS) is 12.3. The zero-order valence-corrected chi connectivity index (χ0v) is 15.3. The van der Waals surface area contributed by atoms with Crippen LogP contribution in [0.4, 0.5) is 5.69 Å². The van der Waals surface area contributed by atoms with Crippen LogP contribution < -0.4 is 19.5 Å². The Morgan fingerprint density at radius 2 is 2.08 bits per heavy atom. The number of rotatable bonds is 8. The van der Waals surface area contributed by atoms with Crippen molar-refractivity contribution in [1.29, 1.82) is 0 Å². The van der Waals surface area contributed by atoms with Gasteiger partial charge in [0.2, 0.25) is 12.7 Å². The van der Waals surface area contributed by atoms with Crippen LogP contribution in [0.3, 0.4) is 0 Å². The number of benzene rings is 2. The van der Waals surface area contributed by atoms with Gasteiger partial charge in [-0.2, -0.15) is 0 Å². The van der Waals surface area contributed by atoms with Crippen molar-refractivity contribution < 1.29 is 19.0 Å². The molecule has 0 fully saturated rings. The van der Waals surface area contributed by atoms with Crippen LogP contribution in [0.2, 0.25) is 5.02 Å². The monoisotopic (exact) mass is 376 g/mol. The summed E-state index contributed by atoms with van der Waals surface area (Å²) in [7, 11) is 1.90. The zero-order chi connectivity index (χ0) is 18.4. The van der Waals surface area contributed by atoms with Crippen LogP contribution in [0.15, 0.2) is 42.5 Å². The lowest BCUT2D eigenvalue weighted by atomic mass is 10.3. The molecule has 0 aliphatic carbocycles. The summed E-state index contributed by atoms with van der Waals surface area (Å²) < 4.78 is 16.3. The number of fused-ring (bicyclic) bond motifs is 1. The Bertz CT molecular complexity index is 769. The molecule has 1 N–H and O–H groups in total. The molecule has 2 aromatic rings. The molecular formula is C19H21ClN2O4. The van der Waals surface area contributed by atoms with E-state index in [9.17, 15) is 4.79 Å². The summed E-state index contributed by atoms with van der Waals surface area (Å²) in [6.45, 7) is 1.85. The largest absolute Gasteiger partial charge is 0.493 e. The van der Waals surface area contributed by atoms with Crippen LogP contribution in [0.25, 0.3) is 0 Å². The number of likely N-dealkylation sites (N-methyl/N-ethyl adjacent to an activating group) is 1. The topological polar surface area (TPSA) is 60.0 Å². The molecule has 0 atom stereocenters. The van der Waals surface area contributed by atoms with Crippen molar-refractivity contribution in [3.8, 4) is 17.2 Å². The van der Waals surface area contributed by atoms with Crippen molar-refractivity contribution in [2.75, 3.05) is 38.9 Å². The number of halogens is 1. The maximum absolute atomic E-state index is 12.0. The average Bonchev–Trinajstić information content (AvgIpc) is 3.06. The Balaban J connectivity index is 1.35. The number of hydrogen-bond donors (Lipinski definition) is 1. The molecule has 3 rings (SSSR count). The summed E-state index contributed by atoms with van der Waals surface area (Å²) in [6, 6.07) is 12.6. The standard InChI is InChI=1S/C19H21ClN2O4/c1-22(12-19(23)21-15-5-2-4-14(20)10-15)8-3-9-24-16-6-7-17-18(11-16)26-13-25-17/h2,4-7,10-11H,3,8-9,12-13H2,1H3,(H,21,23). The lowest BCUT2D eigenvalue weighted by Gasteiger charge is -2.16. The summed E-state index contributed by atoms with van der Waals surface area (Å²) in [5, 5.41) is 3.43. The van der Waals surface area contributed by atoms with E-state index in [4.69, 9.17) is 25.8 Å². The Morgan fingerprint density at radius 1 is 1.23 bits per heavy atom. The van der Waals surface area contributed by atoms with Crippen LogP contribution in [-0.2, 0) is 4.79 Å². The van der Waals surface area contributed by atoms with Gasteiger partial charge in [-0.05, 0) is 43.8 Å². The van der Waals surface area contributed by atoms with Gasteiger partial charge >= 0.3 is 0 Å². The van der Waals surface area contributed by atoms with Gasteiger partial charge in [-0.3, -0.25) is 9.69 Å². The van der Waals surface area contributed by atoms with Crippen molar-refractivity contribution in [3.63, 3.8) is 0 Å². The molecule has 0 bridgehead atoms. The van der Waals surface area contributed by atoms with Gasteiger partial charge in [-0.15, -0.1) is 0 Å². The number of nitrogens with one attached hydrogen (secondary N) is 1. The molecule has 0 saturated heterocycles. The summed E-state index contributed by atoms with van der Waals surface area (Å²) in [6.07, 6.45) is 0.801. The summed E-state index contributed by atoms with van der Waals surface area (Å²) >= 11 is 5.91. The lowest BCUT2D eigenvalue weighted by molar-refractivity contribution is -0.117. The number of hydrogen-bond acceptors (Lipinski definition) is 5. The van der Waals surface area contributed by atoms with E-state index in [1.54, 1.807) is 18.2 Å². The number of carbonyl (C=O) groups excluding carboxylic acids is 1. The molecular weight excluding hydrogens is 356 g/mol. The second kappa shape index (κ2) is 8.78. The minimum atomic E-state index is -0.0774. The molecule has 7 heteroatoms. The van der Waals surface area contributed by atoms with Crippen LogP contribution in [0, 0.1) is 0 Å². The molecule has 0 spiro atoms. The van der Waals surface area contributed by atoms with Crippen LogP contribution in [0.5, 0.6) is 17.2 Å². The molecule has 138 valence electrons. The fraction of sp³-hybridized carbons (Fsp3) is 0.316. The van der Waals surface area contributed by atoms with Crippen molar-refractivity contribution in [3.05, 3.63) is 47.5 Å². The first-order chi connectivity index (χ1) is 12.6. The highest BCUT2D eigenvalue weighted by Crippen LogP contribution is 2.35. The fourth-order valence-corrected chi connectivity index (χ4v) is 2.77. The molecule has 0 saturated carbocycles. The number of carbonyl (C=O) groups is 1. The van der Waals surface area contributed by atoms with Gasteiger partial charge in [0, 0.05) is 23.3 Å². The first-order valence-corrected chi connectivity index (χ1v) is 8.74. The average molecular weight is 377 g/mol. The van der Waals surface area contributed by atoms with E-state index in [0.717, 1.165) is 24.5 Å². The smallest absolute Gasteiger partial charge is 0.238 e. The number of anilines is 1. The van der Waals surface area contributed by atoms with Gasteiger partial charge in [0.1, 0.15) is 5.75 Å². The van der Waals surface area contributed by atoms with Crippen LogP contribution >= 0.6 is 11.6 Å². The van der Waals surface area contributed by atoms with E-state index in [-0.39, 0.29) is 12.7 Å². The van der Waals surface area contributed by atoms with E-state index < -0.39 is 0 Å². The Hall–Kier alpha value is -2.44. The molecule has 26 heavy (non-hydrogen) atoms. The Kier molecular flexibility index (Phi) is 6.20. The van der Waals surface area contributed by atoms with E-state index >= 15 is 0 Å². The SMILES string of the molecule is CN(CCCOc1ccc2c(c1)OCO2)CC(=O)Nc1cccc(Cl)c1. The highest BCUT2D eigenvalue weighted by atomic mass is 35.5. The van der Waals surface area contributed by atoms with Gasteiger partial charge in [-0.25, -0.2) is 0 Å². The number of nitrogens with zero attached hydrogens (tertiary/aromatic N) is 1. The molecule has 6 nitrogen and oxygen atoms in total. The molecule has 1 amide bonds. The van der Waals surface area contributed by atoms with E-state index in [1.165, 1.54) is 0 Å². The molecule has 0 aromatic heterocycles. The first-order valence-electron chi connectivity index (χ1n) is 8.36. The summed E-state index contributed by atoms with van der Waals surface area (Å²) in [4.78, 5) is 14.0. The molecule has 1 heterocycles.